The molecule has 0 N–H and O–H groups in total. The Balaban J connectivity index is 0.000000261. The number of nitrogens with zero attached hydrogens (tertiary/aromatic N) is 2. The van der Waals surface area contributed by atoms with Crippen LogP contribution in [0.2, 0.25) is 0 Å². The Hall–Kier alpha value is -0.550. The van der Waals surface area contributed by atoms with Gasteiger partial charge in [-0.15, -0.1) is 0 Å². The molecule has 1 rings (SSSR count). The molecule has 1 aliphatic rings. The molecule has 1 fully saturated rings. The van der Waals surface area contributed by atoms with Crippen LogP contribution in [0.25, 0.3) is 0 Å². The summed E-state index contributed by atoms with van der Waals surface area (Å²) in [4.78, 5) is 2.00. The summed E-state index contributed by atoms with van der Waals surface area (Å²) in [5.41, 5.74) is 0. The Bertz CT molecular complexity index is 127. The number of rotatable bonds is 0. The summed E-state index contributed by atoms with van der Waals surface area (Å²) < 4.78 is 0. The fourth-order valence-electron chi connectivity index (χ4n) is 1.23. The highest BCUT2D eigenvalue weighted by Gasteiger charge is 2.10. The minimum absolute atomic E-state index is 0.392. The lowest BCUT2D eigenvalue weighted by Crippen LogP contribution is -2.02. The lowest BCUT2D eigenvalue weighted by molar-refractivity contribution is 0.427. The van der Waals surface area contributed by atoms with Gasteiger partial charge in [-0.05, 0) is 34.0 Å². The maximum absolute atomic E-state index is 8.44. The molecule has 0 saturated heterocycles. The van der Waals surface area contributed by atoms with Crippen molar-refractivity contribution in [2.45, 2.75) is 32.1 Å². The van der Waals surface area contributed by atoms with Gasteiger partial charge in [-0.1, -0.05) is 19.3 Å². The Labute approximate surface area is 76.2 Å². The highest BCUT2D eigenvalue weighted by molar-refractivity contribution is 4.84. The molecule has 0 aromatic carbocycles. The average molecular weight is 168 g/mol. The maximum Gasteiger partial charge on any atom is 0.0655 e. The van der Waals surface area contributed by atoms with Crippen LogP contribution in [0.4, 0.5) is 0 Å². The summed E-state index contributed by atoms with van der Waals surface area (Å²) in [7, 11) is 6.00. The molecule has 12 heavy (non-hydrogen) atoms. The van der Waals surface area contributed by atoms with Crippen LogP contribution < -0.4 is 0 Å². The Morgan fingerprint density at radius 1 is 1.08 bits per heavy atom. The predicted molar refractivity (Wildman–Crippen MR) is 51.8 cm³/mol. The van der Waals surface area contributed by atoms with Crippen LogP contribution in [-0.4, -0.2) is 26.0 Å². The van der Waals surface area contributed by atoms with Gasteiger partial charge in [-0.2, -0.15) is 5.26 Å². The summed E-state index contributed by atoms with van der Waals surface area (Å²) in [6.45, 7) is 0. The molecule has 0 amide bonds. The summed E-state index contributed by atoms with van der Waals surface area (Å²) in [6, 6.07) is 2.30. The summed E-state index contributed by atoms with van der Waals surface area (Å²) in [5.74, 6) is 0.392. The fraction of sp³-hybridized carbons (Fsp3) is 0.900. The molecule has 0 aromatic rings. The van der Waals surface area contributed by atoms with E-state index in [9.17, 15) is 0 Å². The second-order valence-electron chi connectivity index (χ2n) is 3.81. The molecule has 70 valence electrons. The van der Waals surface area contributed by atoms with Gasteiger partial charge in [-0.25, -0.2) is 0 Å². The fourth-order valence-corrected chi connectivity index (χ4v) is 1.23. The van der Waals surface area contributed by atoms with Crippen molar-refractivity contribution in [3.8, 4) is 6.07 Å². The van der Waals surface area contributed by atoms with Crippen LogP contribution in [0.15, 0.2) is 0 Å². The first-order valence-electron chi connectivity index (χ1n) is 4.67. The third-order valence-corrected chi connectivity index (χ3v) is 1.79. The SMILES string of the molecule is CN(C)C.N#CC1CCCCC1. The summed E-state index contributed by atoms with van der Waals surface area (Å²) >= 11 is 0. The Morgan fingerprint density at radius 2 is 1.50 bits per heavy atom. The molecule has 1 saturated carbocycles. The molecule has 2 nitrogen and oxygen atoms in total. The van der Waals surface area contributed by atoms with Gasteiger partial charge in [-0.3, -0.25) is 0 Å². The van der Waals surface area contributed by atoms with E-state index in [2.05, 4.69) is 6.07 Å². The Morgan fingerprint density at radius 3 is 1.75 bits per heavy atom. The van der Waals surface area contributed by atoms with Gasteiger partial charge < -0.3 is 4.90 Å². The molecular formula is C10H20N2. The molecule has 0 aromatic heterocycles. The van der Waals surface area contributed by atoms with Crippen molar-refractivity contribution in [2.24, 2.45) is 5.92 Å². The largest absolute Gasteiger partial charge is 0.312 e. The Kier molecular flexibility index (Phi) is 6.79. The van der Waals surface area contributed by atoms with E-state index in [0.29, 0.717) is 5.92 Å². The molecule has 2 heteroatoms. The van der Waals surface area contributed by atoms with E-state index in [4.69, 9.17) is 5.26 Å². The quantitative estimate of drug-likeness (QED) is 0.555. The van der Waals surface area contributed by atoms with Gasteiger partial charge >= 0.3 is 0 Å². The molecule has 0 atom stereocenters. The zero-order chi connectivity index (χ0) is 9.40. The van der Waals surface area contributed by atoms with Gasteiger partial charge in [0.15, 0.2) is 0 Å². The predicted octanol–water partition coefficient (Wildman–Crippen LogP) is 2.27. The van der Waals surface area contributed by atoms with Crippen LogP contribution in [0.3, 0.4) is 0 Å². The van der Waals surface area contributed by atoms with Crippen molar-refractivity contribution in [2.75, 3.05) is 21.1 Å². The van der Waals surface area contributed by atoms with E-state index in [0.717, 1.165) is 12.8 Å². The van der Waals surface area contributed by atoms with E-state index in [1.54, 1.807) is 0 Å². The topological polar surface area (TPSA) is 27.0 Å². The van der Waals surface area contributed by atoms with Gasteiger partial charge in [0.25, 0.3) is 0 Å². The highest BCUT2D eigenvalue weighted by Crippen LogP contribution is 2.22. The van der Waals surface area contributed by atoms with Crippen molar-refractivity contribution >= 4 is 0 Å². The first-order valence-corrected chi connectivity index (χ1v) is 4.67. The molecule has 0 aliphatic heterocycles. The van der Waals surface area contributed by atoms with E-state index < -0.39 is 0 Å². The maximum atomic E-state index is 8.44. The molecule has 0 unspecified atom stereocenters. The highest BCUT2D eigenvalue weighted by atomic mass is 15.0. The van der Waals surface area contributed by atoms with Crippen molar-refractivity contribution in [3.63, 3.8) is 0 Å². The van der Waals surface area contributed by atoms with E-state index in [1.165, 1.54) is 19.3 Å². The summed E-state index contributed by atoms with van der Waals surface area (Å²) in [5, 5.41) is 8.44. The van der Waals surface area contributed by atoms with Crippen LogP contribution in [0, 0.1) is 17.2 Å². The third-order valence-electron chi connectivity index (χ3n) is 1.79. The van der Waals surface area contributed by atoms with Gasteiger partial charge in [0.2, 0.25) is 0 Å². The van der Waals surface area contributed by atoms with Crippen molar-refractivity contribution in [3.05, 3.63) is 0 Å². The van der Waals surface area contributed by atoms with E-state index >= 15 is 0 Å². The van der Waals surface area contributed by atoms with Crippen LogP contribution in [-0.2, 0) is 0 Å². The summed E-state index contributed by atoms with van der Waals surface area (Å²) in [6.07, 6.45) is 6.20. The first-order chi connectivity index (χ1) is 5.66. The van der Waals surface area contributed by atoms with Crippen molar-refractivity contribution in [1.29, 1.82) is 5.26 Å². The minimum Gasteiger partial charge on any atom is -0.312 e. The molecule has 0 radical (unpaired) electrons. The third kappa shape index (κ3) is 7.56. The number of hydrogen-bond acceptors (Lipinski definition) is 2. The first kappa shape index (κ1) is 11.4. The van der Waals surface area contributed by atoms with Crippen molar-refractivity contribution < 1.29 is 0 Å². The minimum atomic E-state index is 0.392. The molecule has 0 bridgehead atoms. The van der Waals surface area contributed by atoms with E-state index in [1.807, 2.05) is 26.0 Å². The smallest absolute Gasteiger partial charge is 0.0655 e. The number of hydrogen-bond donors (Lipinski definition) is 0. The molecular weight excluding hydrogens is 148 g/mol. The van der Waals surface area contributed by atoms with E-state index in [-0.39, 0.29) is 0 Å². The molecule has 1 aliphatic carbocycles. The van der Waals surface area contributed by atoms with Crippen molar-refractivity contribution in [1.82, 2.24) is 4.90 Å². The van der Waals surface area contributed by atoms with Gasteiger partial charge in [0.05, 0.1) is 6.07 Å². The zero-order valence-corrected chi connectivity index (χ0v) is 8.51. The number of nitriles is 1. The average Bonchev–Trinajstić information content (AvgIpc) is 2.05. The second-order valence-corrected chi connectivity index (χ2v) is 3.81. The van der Waals surface area contributed by atoms with Crippen LogP contribution in [0.5, 0.6) is 0 Å². The zero-order valence-electron chi connectivity index (χ0n) is 8.51. The van der Waals surface area contributed by atoms with Crippen LogP contribution in [0.1, 0.15) is 32.1 Å². The van der Waals surface area contributed by atoms with Gasteiger partial charge in [0, 0.05) is 5.92 Å². The van der Waals surface area contributed by atoms with Crippen LogP contribution >= 0.6 is 0 Å². The molecule has 0 spiro atoms. The lowest BCUT2D eigenvalue weighted by Gasteiger charge is -2.13. The monoisotopic (exact) mass is 168 g/mol. The molecule has 0 heterocycles. The lowest BCUT2D eigenvalue weighted by atomic mass is 9.91. The standard InChI is InChI=1S/C7H11N.C3H9N/c8-6-7-4-2-1-3-5-7;1-4(2)3/h7H,1-5H2;1-3H3. The normalized spacial score (nSPS) is 17.9. The van der Waals surface area contributed by atoms with Gasteiger partial charge in [0.1, 0.15) is 0 Å². The second kappa shape index (κ2) is 7.12.